The number of alkyl carbamates (subject to hydrolysis) is 1. The van der Waals surface area contributed by atoms with Gasteiger partial charge in [0, 0.05) is 11.3 Å². The fourth-order valence-electron chi connectivity index (χ4n) is 3.34. The lowest BCUT2D eigenvalue weighted by atomic mass is 9.89. The van der Waals surface area contributed by atoms with E-state index in [1.54, 1.807) is 0 Å². The molecule has 6 heteroatoms. The van der Waals surface area contributed by atoms with E-state index in [1.807, 2.05) is 42.5 Å². The number of rotatable bonds is 3. The number of anilines is 1. The first-order valence-corrected chi connectivity index (χ1v) is 8.68. The molecule has 2 aromatic carbocycles. The first-order chi connectivity index (χ1) is 12.7. The Morgan fingerprint density at radius 2 is 2.00 bits per heavy atom. The molecule has 0 aromatic heterocycles. The van der Waals surface area contributed by atoms with E-state index < -0.39 is 12.3 Å². The van der Waals surface area contributed by atoms with Gasteiger partial charge in [-0.25, -0.2) is 4.79 Å². The largest absolute Gasteiger partial charge is 0.445 e. The number of amides is 2. The minimum absolute atomic E-state index is 0.141. The molecular formula is C20H19N3O3. The van der Waals surface area contributed by atoms with Crippen LogP contribution in [0.2, 0.25) is 0 Å². The maximum absolute atomic E-state index is 12.5. The first kappa shape index (κ1) is 16.3. The second-order valence-corrected chi connectivity index (χ2v) is 6.37. The van der Waals surface area contributed by atoms with Gasteiger partial charge in [0.2, 0.25) is 6.17 Å². The van der Waals surface area contributed by atoms with Crippen molar-refractivity contribution in [2.75, 3.05) is 5.32 Å². The molecule has 1 unspecified atom stereocenters. The fourth-order valence-corrected chi connectivity index (χ4v) is 3.34. The summed E-state index contributed by atoms with van der Waals surface area (Å²) in [7, 11) is 0. The lowest BCUT2D eigenvalue weighted by Crippen LogP contribution is -2.42. The molecule has 6 nitrogen and oxygen atoms in total. The molecule has 2 aromatic rings. The van der Waals surface area contributed by atoms with Gasteiger partial charge >= 0.3 is 6.09 Å². The zero-order chi connectivity index (χ0) is 17.9. The Labute approximate surface area is 151 Å². The summed E-state index contributed by atoms with van der Waals surface area (Å²) in [5.41, 5.74) is 4.67. The lowest BCUT2D eigenvalue weighted by Gasteiger charge is -2.19. The second kappa shape index (κ2) is 7.00. The van der Waals surface area contributed by atoms with Crippen LogP contribution in [0.5, 0.6) is 0 Å². The molecule has 1 aliphatic carbocycles. The number of aryl methyl sites for hydroxylation is 1. The van der Waals surface area contributed by atoms with Crippen molar-refractivity contribution in [3.63, 3.8) is 0 Å². The summed E-state index contributed by atoms with van der Waals surface area (Å²) in [6.07, 6.45) is 1.08. The maximum atomic E-state index is 12.5. The van der Waals surface area contributed by atoms with Crippen LogP contribution in [-0.4, -0.2) is 23.9 Å². The van der Waals surface area contributed by atoms with Gasteiger partial charge in [0.15, 0.2) is 0 Å². The highest BCUT2D eigenvalue weighted by Crippen LogP contribution is 2.30. The van der Waals surface area contributed by atoms with Crippen LogP contribution in [0.25, 0.3) is 0 Å². The maximum Gasteiger partial charge on any atom is 0.409 e. The minimum atomic E-state index is -0.994. The molecule has 2 N–H and O–H groups in total. The third kappa shape index (κ3) is 3.31. The molecule has 2 aliphatic rings. The number of benzene rings is 2. The van der Waals surface area contributed by atoms with Crippen molar-refractivity contribution in [1.29, 1.82) is 0 Å². The molecule has 4 rings (SSSR count). The highest BCUT2D eigenvalue weighted by atomic mass is 16.5. The molecule has 1 heterocycles. The number of hydrogen-bond donors (Lipinski definition) is 2. The van der Waals surface area contributed by atoms with Crippen molar-refractivity contribution in [3.05, 3.63) is 65.2 Å². The smallest absolute Gasteiger partial charge is 0.409 e. The zero-order valence-electron chi connectivity index (χ0n) is 14.2. The molecule has 0 bridgehead atoms. The number of hydrogen-bond acceptors (Lipinski definition) is 4. The molecule has 0 saturated heterocycles. The van der Waals surface area contributed by atoms with Gasteiger partial charge in [0.1, 0.15) is 6.61 Å². The number of carbonyl (C=O) groups excluding carboxylic acids is 2. The molecule has 0 saturated carbocycles. The van der Waals surface area contributed by atoms with Gasteiger partial charge in [0.25, 0.3) is 5.91 Å². The van der Waals surface area contributed by atoms with Crippen molar-refractivity contribution >= 4 is 23.4 Å². The van der Waals surface area contributed by atoms with Crippen LogP contribution in [-0.2, 0) is 22.6 Å². The number of carbonyl (C=O) groups is 2. The number of ether oxygens (including phenoxy) is 1. The van der Waals surface area contributed by atoms with E-state index in [4.69, 9.17) is 4.74 Å². The zero-order valence-corrected chi connectivity index (χ0v) is 14.2. The molecule has 0 fully saturated rings. The average Bonchev–Trinajstić information content (AvgIpc) is 2.79. The van der Waals surface area contributed by atoms with E-state index in [2.05, 4.69) is 21.7 Å². The number of nitrogens with zero attached hydrogens (tertiary/aromatic N) is 1. The molecule has 2 amide bonds. The molecule has 0 spiro atoms. The second-order valence-electron chi connectivity index (χ2n) is 6.37. The van der Waals surface area contributed by atoms with Crippen LogP contribution in [0.15, 0.2) is 53.5 Å². The van der Waals surface area contributed by atoms with Gasteiger partial charge in [0.05, 0.1) is 5.69 Å². The Hall–Kier alpha value is -3.15. The van der Waals surface area contributed by atoms with Crippen molar-refractivity contribution in [3.8, 4) is 0 Å². The number of aliphatic imine (C=N–C) groups is 1. The predicted molar refractivity (Wildman–Crippen MR) is 98.1 cm³/mol. The van der Waals surface area contributed by atoms with E-state index in [-0.39, 0.29) is 12.5 Å². The van der Waals surface area contributed by atoms with Gasteiger partial charge in [-0.15, -0.1) is 0 Å². The van der Waals surface area contributed by atoms with E-state index >= 15 is 0 Å². The average molecular weight is 349 g/mol. The van der Waals surface area contributed by atoms with Gasteiger partial charge in [-0.2, -0.15) is 0 Å². The molecular weight excluding hydrogens is 330 g/mol. The molecule has 1 aliphatic heterocycles. The Morgan fingerprint density at radius 3 is 2.85 bits per heavy atom. The van der Waals surface area contributed by atoms with Gasteiger partial charge in [-0.05, 0) is 36.5 Å². The summed E-state index contributed by atoms with van der Waals surface area (Å²) in [6, 6.07) is 15.2. The monoisotopic (exact) mass is 349 g/mol. The van der Waals surface area contributed by atoms with E-state index in [0.717, 1.165) is 41.8 Å². The normalized spacial score (nSPS) is 18.1. The summed E-state index contributed by atoms with van der Waals surface area (Å²) in [6.45, 7) is 0.141. The first-order valence-electron chi connectivity index (χ1n) is 8.68. The van der Waals surface area contributed by atoms with Gasteiger partial charge < -0.3 is 10.1 Å². The SMILES string of the molecule is O=C(NC1N=C2CCCc3cccc(c32)NC1=O)OCc1ccccc1. The van der Waals surface area contributed by atoms with Crippen LogP contribution in [0, 0.1) is 0 Å². The Bertz CT molecular complexity index is 877. The Morgan fingerprint density at radius 1 is 1.15 bits per heavy atom. The fraction of sp³-hybridized carbons (Fsp3) is 0.250. The van der Waals surface area contributed by atoms with Crippen LogP contribution in [0.3, 0.4) is 0 Å². The molecule has 0 radical (unpaired) electrons. The van der Waals surface area contributed by atoms with Crippen LogP contribution >= 0.6 is 0 Å². The quantitative estimate of drug-likeness (QED) is 0.894. The third-order valence-electron chi connectivity index (χ3n) is 4.56. The van der Waals surface area contributed by atoms with E-state index in [0.29, 0.717) is 0 Å². The summed E-state index contributed by atoms with van der Waals surface area (Å²) < 4.78 is 5.20. The topological polar surface area (TPSA) is 79.8 Å². The van der Waals surface area contributed by atoms with Crippen LogP contribution in [0.1, 0.15) is 29.5 Å². The highest BCUT2D eigenvalue weighted by Gasteiger charge is 2.29. The summed E-state index contributed by atoms with van der Waals surface area (Å²) >= 11 is 0. The van der Waals surface area contributed by atoms with Crippen LogP contribution in [0.4, 0.5) is 10.5 Å². The highest BCUT2D eigenvalue weighted by molar-refractivity contribution is 6.13. The standard InChI is InChI=1S/C20H19N3O3/c24-19-18(23-20(25)26-12-13-6-2-1-3-7-13)21-15-10-4-8-14-9-5-11-16(22-19)17(14)15/h1-3,5-7,9,11,18H,4,8,10,12H2,(H,22,24)(H,23,25). The summed E-state index contributed by atoms with van der Waals surface area (Å²) in [5, 5.41) is 5.43. The van der Waals surface area contributed by atoms with Crippen molar-refractivity contribution < 1.29 is 14.3 Å². The summed E-state index contributed by atoms with van der Waals surface area (Å²) in [5.74, 6) is -0.364. The predicted octanol–water partition coefficient (Wildman–Crippen LogP) is 3.02. The van der Waals surface area contributed by atoms with Crippen molar-refractivity contribution in [2.24, 2.45) is 4.99 Å². The minimum Gasteiger partial charge on any atom is -0.445 e. The molecule has 1 atom stereocenters. The Kier molecular flexibility index (Phi) is 4.39. The van der Waals surface area contributed by atoms with Gasteiger partial charge in [-0.3, -0.25) is 15.1 Å². The Balaban J connectivity index is 1.49. The number of nitrogens with one attached hydrogen (secondary N) is 2. The van der Waals surface area contributed by atoms with Gasteiger partial charge in [-0.1, -0.05) is 42.5 Å². The lowest BCUT2D eigenvalue weighted by molar-refractivity contribution is -0.117. The van der Waals surface area contributed by atoms with Crippen molar-refractivity contribution in [1.82, 2.24) is 5.32 Å². The van der Waals surface area contributed by atoms with Crippen LogP contribution < -0.4 is 10.6 Å². The molecule has 132 valence electrons. The molecule has 26 heavy (non-hydrogen) atoms. The van der Waals surface area contributed by atoms with Crippen molar-refractivity contribution in [2.45, 2.75) is 32.0 Å². The summed E-state index contributed by atoms with van der Waals surface area (Å²) in [4.78, 5) is 29.1. The third-order valence-corrected chi connectivity index (χ3v) is 4.56. The van der Waals surface area contributed by atoms with E-state index in [1.165, 1.54) is 5.56 Å². The van der Waals surface area contributed by atoms with E-state index in [9.17, 15) is 9.59 Å².